The Balaban J connectivity index is 1.54. The number of fused-ring (bicyclic) bond motifs is 5. The van der Waals surface area contributed by atoms with Gasteiger partial charge in [0, 0.05) is 17.8 Å². The van der Waals surface area contributed by atoms with Gasteiger partial charge in [0.2, 0.25) is 0 Å². The largest absolute Gasteiger partial charge is 0.462 e. The summed E-state index contributed by atoms with van der Waals surface area (Å²) >= 11 is 3.50. The van der Waals surface area contributed by atoms with E-state index in [1.165, 1.54) is 12.5 Å². The van der Waals surface area contributed by atoms with Gasteiger partial charge >= 0.3 is 5.97 Å². The first-order valence-electron chi connectivity index (χ1n) is 13.3. The third kappa shape index (κ3) is 4.40. The van der Waals surface area contributed by atoms with Crippen LogP contribution in [0.1, 0.15) is 71.3 Å². The number of allylic oxidation sites excluding steroid dienone is 3. The zero-order valence-electron chi connectivity index (χ0n) is 21.9. The number of esters is 1. The molecule has 0 spiro atoms. The second kappa shape index (κ2) is 9.58. The van der Waals surface area contributed by atoms with E-state index in [4.69, 9.17) is 10.5 Å². The molecule has 3 saturated carbocycles. The van der Waals surface area contributed by atoms with E-state index in [2.05, 4.69) is 60.1 Å². The highest BCUT2D eigenvalue weighted by molar-refractivity contribution is 9.10. The van der Waals surface area contributed by atoms with E-state index < -0.39 is 5.91 Å². The summed E-state index contributed by atoms with van der Waals surface area (Å²) < 4.78 is 6.60. The molecular weight excluding hydrogens is 528 g/mol. The molecule has 0 bridgehead atoms. The third-order valence-electron chi connectivity index (χ3n) is 9.93. The molecule has 4 aliphatic carbocycles. The summed E-state index contributed by atoms with van der Waals surface area (Å²) in [6, 6.07) is 10.3. The highest BCUT2D eigenvalue weighted by Gasteiger charge is 2.59. The van der Waals surface area contributed by atoms with Crippen LogP contribution in [-0.2, 0) is 14.3 Å². The maximum absolute atomic E-state index is 12.5. The highest BCUT2D eigenvalue weighted by Crippen LogP contribution is 2.67. The number of carbonyl (C=O) groups is 2. The number of nitrogens with zero attached hydrogens (tertiary/aromatic N) is 1. The maximum atomic E-state index is 12.5. The summed E-state index contributed by atoms with van der Waals surface area (Å²) in [5, 5.41) is 10.0. The smallest absolute Gasteiger partial charge is 0.302 e. The standard InChI is InChI=1S/C31H35BrN2O3/c1-18(35)37-23-10-12-30(2)21(16-23)6-9-24-26(30)11-13-31(3)27(24)15-20(28(31)25(17-33)29(34)36)14-19-4-7-22(32)8-5-19/h4-8,14,23-24,26-27H,9-13,15-16H2,1-3H3,(H2,34,36)/b20-14+,28-25+/t23-,24?,26?,27?,30-,31-/m0/s1. The summed E-state index contributed by atoms with van der Waals surface area (Å²) in [6.07, 6.45) is 11.1. The molecule has 2 N–H and O–H groups in total. The minimum absolute atomic E-state index is 0.0163. The fourth-order valence-electron chi connectivity index (χ4n) is 8.25. The Labute approximate surface area is 227 Å². The quantitative estimate of drug-likeness (QED) is 0.193. The average molecular weight is 564 g/mol. The lowest BCUT2D eigenvalue weighted by molar-refractivity contribution is -0.148. The second-order valence-corrected chi connectivity index (χ2v) is 12.8. The number of nitrogens with two attached hydrogens (primary N) is 1. The number of rotatable bonds is 3. The van der Waals surface area contributed by atoms with E-state index in [1.54, 1.807) is 0 Å². The summed E-state index contributed by atoms with van der Waals surface area (Å²) in [4.78, 5) is 24.0. The fourth-order valence-corrected chi connectivity index (χ4v) is 8.51. The second-order valence-electron chi connectivity index (χ2n) is 11.8. The Morgan fingerprint density at radius 3 is 2.46 bits per heavy atom. The van der Waals surface area contributed by atoms with Gasteiger partial charge in [0.25, 0.3) is 5.91 Å². The van der Waals surface area contributed by atoms with Crippen molar-refractivity contribution in [3.63, 3.8) is 0 Å². The van der Waals surface area contributed by atoms with Gasteiger partial charge in [-0.25, -0.2) is 0 Å². The molecule has 3 unspecified atom stereocenters. The van der Waals surface area contributed by atoms with E-state index in [9.17, 15) is 14.9 Å². The van der Waals surface area contributed by atoms with Gasteiger partial charge in [-0.1, -0.05) is 59.6 Å². The normalized spacial score (nSPS) is 36.9. The maximum Gasteiger partial charge on any atom is 0.302 e. The first-order valence-corrected chi connectivity index (χ1v) is 14.1. The predicted molar refractivity (Wildman–Crippen MR) is 147 cm³/mol. The molecule has 0 aliphatic heterocycles. The highest BCUT2D eigenvalue weighted by atomic mass is 79.9. The molecule has 0 radical (unpaired) electrons. The van der Waals surface area contributed by atoms with Gasteiger partial charge in [-0.05, 0) is 96.0 Å². The van der Waals surface area contributed by atoms with Gasteiger partial charge in [0.15, 0.2) is 0 Å². The number of nitriles is 1. The summed E-state index contributed by atoms with van der Waals surface area (Å²) in [5.41, 5.74) is 10.2. The molecular formula is C31H35BrN2O3. The van der Waals surface area contributed by atoms with Crippen molar-refractivity contribution in [2.24, 2.45) is 34.3 Å². The van der Waals surface area contributed by atoms with E-state index in [0.29, 0.717) is 17.8 Å². The SMILES string of the molecule is CC(=O)O[C@H]1CC[C@@]2(C)C(=CCC3C2CC[C@]2(C)C(=C(\C#N)C(N)=O)/C(=C/c4ccc(Br)cc4)CC32)C1. The number of halogens is 1. The van der Waals surface area contributed by atoms with Crippen LogP contribution in [0.2, 0.25) is 0 Å². The van der Waals surface area contributed by atoms with E-state index >= 15 is 0 Å². The molecule has 5 rings (SSSR count). The molecule has 1 aromatic carbocycles. The molecule has 4 aliphatic rings. The Kier molecular flexibility index (Phi) is 6.73. The van der Waals surface area contributed by atoms with Gasteiger partial charge in [-0.3, -0.25) is 9.59 Å². The predicted octanol–water partition coefficient (Wildman–Crippen LogP) is 6.64. The van der Waals surface area contributed by atoms with Gasteiger partial charge in [0.05, 0.1) is 0 Å². The molecule has 1 aromatic rings. The number of hydrogen-bond acceptors (Lipinski definition) is 4. The van der Waals surface area contributed by atoms with Crippen molar-refractivity contribution < 1.29 is 14.3 Å². The topological polar surface area (TPSA) is 93.2 Å². The monoisotopic (exact) mass is 562 g/mol. The zero-order chi connectivity index (χ0) is 26.5. The number of primary amides is 1. The van der Waals surface area contributed by atoms with Gasteiger partial charge in [-0.2, -0.15) is 5.26 Å². The molecule has 6 heteroatoms. The van der Waals surface area contributed by atoms with Crippen molar-refractivity contribution in [1.82, 2.24) is 0 Å². The first-order chi connectivity index (χ1) is 17.6. The molecule has 1 amide bonds. The van der Waals surface area contributed by atoms with Gasteiger partial charge in [-0.15, -0.1) is 0 Å². The summed E-state index contributed by atoms with van der Waals surface area (Å²) in [5.74, 6) is 0.512. The lowest BCUT2D eigenvalue weighted by Gasteiger charge is -2.57. The van der Waals surface area contributed by atoms with Crippen LogP contribution >= 0.6 is 15.9 Å². The van der Waals surface area contributed by atoms with Crippen LogP contribution < -0.4 is 5.73 Å². The van der Waals surface area contributed by atoms with Crippen LogP contribution in [0.3, 0.4) is 0 Å². The molecule has 194 valence electrons. The third-order valence-corrected chi connectivity index (χ3v) is 10.5. The van der Waals surface area contributed by atoms with Crippen molar-refractivity contribution in [3.8, 4) is 6.07 Å². The van der Waals surface area contributed by atoms with Crippen LogP contribution in [0.25, 0.3) is 6.08 Å². The van der Waals surface area contributed by atoms with Crippen molar-refractivity contribution in [2.45, 2.75) is 71.8 Å². The van der Waals surface area contributed by atoms with Crippen molar-refractivity contribution >= 4 is 33.9 Å². The van der Waals surface area contributed by atoms with Crippen LogP contribution in [0.15, 0.2) is 57.1 Å². The molecule has 0 saturated heterocycles. The molecule has 0 aromatic heterocycles. The summed E-state index contributed by atoms with van der Waals surface area (Å²) in [6.45, 7) is 6.16. The minimum atomic E-state index is -0.634. The van der Waals surface area contributed by atoms with Crippen LogP contribution in [-0.4, -0.2) is 18.0 Å². The number of benzene rings is 1. The Morgan fingerprint density at radius 2 is 1.81 bits per heavy atom. The molecule has 0 heterocycles. The molecule has 3 fully saturated rings. The van der Waals surface area contributed by atoms with Crippen molar-refractivity contribution in [1.29, 1.82) is 5.26 Å². The zero-order valence-corrected chi connectivity index (χ0v) is 23.4. The van der Waals surface area contributed by atoms with Crippen LogP contribution in [0.5, 0.6) is 0 Å². The van der Waals surface area contributed by atoms with Crippen molar-refractivity contribution in [3.05, 3.63) is 62.7 Å². The number of carbonyl (C=O) groups excluding carboxylic acids is 2. The van der Waals surface area contributed by atoms with Crippen LogP contribution in [0, 0.1) is 39.9 Å². The number of ether oxygens (including phenoxy) is 1. The molecule has 5 nitrogen and oxygen atoms in total. The summed E-state index contributed by atoms with van der Waals surface area (Å²) in [7, 11) is 0. The van der Waals surface area contributed by atoms with E-state index in [1.807, 2.05) is 12.1 Å². The molecule has 6 atom stereocenters. The molecule has 37 heavy (non-hydrogen) atoms. The number of hydrogen-bond donors (Lipinski definition) is 1. The van der Waals surface area contributed by atoms with E-state index in [0.717, 1.165) is 66.1 Å². The first kappa shape index (κ1) is 26.0. The lowest BCUT2D eigenvalue weighted by atomic mass is 9.47. The average Bonchev–Trinajstić information content (AvgIpc) is 3.13. The fraction of sp³-hybridized carbons (Fsp3) is 0.516. The Bertz CT molecular complexity index is 1270. The van der Waals surface area contributed by atoms with E-state index in [-0.39, 0.29) is 28.5 Å². The Morgan fingerprint density at radius 1 is 1.11 bits per heavy atom. The Hall–Kier alpha value is -2.65. The minimum Gasteiger partial charge on any atom is -0.462 e. The van der Waals surface area contributed by atoms with Crippen molar-refractivity contribution in [2.75, 3.05) is 0 Å². The van der Waals surface area contributed by atoms with Gasteiger partial charge < -0.3 is 10.5 Å². The lowest BCUT2D eigenvalue weighted by Crippen LogP contribution is -2.50. The van der Waals surface area contributed by atoms with Gasteiger partial charge in [0.1, 0.15) is 17.7 Å². The number of amides is 1. The van der Waals surface area contributed by atoms with Crippen LogP contribution in [0.4, 0.5) is 0 Å².